The van der Waals surface area contributed by atoms with Gasteiger partial charge in [0.25, 0.3) is 0 Å². The van der Waals surface area contributed by atoms with E-state index < -0.39 is 10.0 Å². The molecular weight excluding hydrogens is 362 g/mol. The van der Waals surface area contributed by atoms with E-state index >= 15 is 0 Å². The molecule has 0 spiro atoms. The van der Waals surface area contributed by atoms with Crippen molar-refractivity contribution in [3.8, 4) is 11.4 Å². The summed E-state index contributed by atoms with van der Waals surface area (Å²) in [4.78, 5) is 4.52. The van der Waals surface area contributed by atoms with Crippen LogP contribution in [0.15, 0.2) is 82.2 Å². The number of benzene rings is 3. The maximum absolute atomic E-state index is 12.9. The first-order valence-corrected chi connectivity index (χ1v) is 9.81. The maximum Gasteiger partial charge on any atom is 0.243 e. The van der Waals surface area contributed by atoms with Gasteiger partial charge >= 0.3 is 0 Å². The van der Waals surface area contributed by atoms with Gasteiger partial charge in [0, 0.05) is 12.6 Å². The monoisotopic (exact) mass is 379 g/mol. The molecule has 3 aromatic carbocycles. The van der Waals surface area contributed by atoms with E-state index in [0.717, 1.165) is 16.3 Å². The largest absolute Gasteiger partial charge is 0.338 e. The first kappa shape index (κ1) is 17.4. The van der Waals surface area contributed by atoms with Crippen molar-refractivity contribution in [3.05, 3.63) is 78.7 Å². The number of fused-ring (bicyclic) bond motifs is 1. The minimum absolute atomic E-state index is 0.00497. The third-order valence-electron chi connectivity index (χ3n) is 4.29. The third kappa shape index (κ3) is 3.47. The molecule has 0 radical (unpaired) electrons. The van der Waals surface area contributed by atoms with Crippen LogP contribution in [0.25, 0.3) is 22.2 Å². The SMILES string of the molecule is CN(Cc1nc(-c2ccccc2)no1)S(=O)(=O)c1ccc2ccccc2c1. The average molecular weight is 379 g/mol. The maximum atomic E-state index is 12.9. The Bertz CT molecular complexity index is 1190. The van der Waals surface area contributed by atoms with Crippen LogP contribution in [-0.2, 0) is 16.6 Å². The molecule has 0 aliphatic carbocycles. The summed E-state index contributed by atoms with van der Waals surface area (Å²) >= 11 is 0. The van der Waals surface area contributed by atoms with Gasteiger partial charge in [0.15, 0.2) is 0 Å². The first-order valence-electron chi connectivity index (χ1n) is 8.37. The second-order valence-electron chi connectivity index (χ2n) is 6.15. The van der Waals surface area contributed by atoms with Crippen LogP contribution in [-0.4, -0.2) is 29.9 Å². The Morgan fingerprint density at radius 3 is 2.41 bits per heavy atom. The van der Waals surface area contributed by atoms with Gasteiger partial charge in [-0.1, -0.05) is 65.8 Å². The van der Waals surface area contributed by atoms with Gasteiger partial charge in [0.05, 0.1) is 11.4 Å². The summed E-state index contributed by atoms with van der Waals surface area (Å²) in [6, 6.07) is 22.1. The predicted octanol–water partition coefficient (Wildman–Crippen LogP) is 3.71. The van der Waals surface area contributed by atoms with E-state index in [4.69, 9.17) is 4.52 Å². The summed E-state index contributed by atoms with van der Waals surface area (Å²) in [5, 5.41) is 5.79. The molecule has 0 saturated heterocycles. The Morgan fingerprint density at radius 2 is 1.63 bits per heavy atom. The minimum Gasteiger partial charge on any atom is -0.338 e. The molecule has 4 aromatic rings. The highest BCUT2D eigenvalue weighted by molar-refractivity contribution is 7.89. The lowest BCUT2D eigenvalue weighted by Crippen LogP contribution is -2.26. The molecule has 0 aliphatic heterocycles. The third-order valence-corrected chi connectivity index (χ3v) is 6.09. The molecule has 0 amide bonds. The Kier molecular flexibility index (Phi) is 4.47. The van der Waals surface area contributed by atoms with Gasteiger partial charge in [-0.3, -0.25) is 0 Å². The topological polar surface area (TPSA) is 76.3 Å². The molecule has 0 bridgehead atoms. The molecular formula is C20H17N3O3S. The fraction of sp³-hybridized carbons (Fsp3) is 0.100. The zero-order chi connectivity index (χ0) is 18.9. The van der Waals surface area contributed by atoms with Gasteiger partial charge in [0.1, 0.15) is 0 Å². The van der Waals surface area contributed by atoms with E-state index in [0.29, 0.717) is 5.82 Å². The summed E-state index contributed by atoms with van der Waals surface area (Å²) in [6.07, 6.45) is 0. The molecule has 1 aromatic heterocycles. The van der Waals surface area contributed by atoms with Gasteiger partial charge in [-0.15, -0.1) is 0 Å². The fourth-order valence-corrected chi connectivity index (χ4v) is 3.96. The Hall–Kier alpha value is -3.03. The van der Waals surface area contributed by atoms with Crippen molar-refractivity contribution < 1.29 is 12.9 Å². The molecule has 0 atom stereocenters. The lowest BCUT2D eigenvalue weighted by Gasteiger charge is -2.15. The van der Waals surface area contributed by atoms with Gasteiger partial charge in [-0.25, -0.2) is 8.42 Å². The average Bonchev–Trinajstić information content (AvgIpc) is 3.16. The van der Waals surface area contributed by atoms with E-state index in [1.165, 1.54) is 11.4 Å². The van der Waals surface area contributed by atoms with Crippen LogP contribution in [0.4, 0.5) is 0 Å². The molecule has 6 nitrogen and oxygen atoms in total. The smallest absolute Gasteiger partial charge is 0.243 e. The molecule has 0 aliphatic rings. The van der Waals surface area contributed by atoms with E-state index in [-0.39, 0.29) is 17.3 Å². The van der Waals surface area contributed by atoms with E-state index in [1.54, 1.807) is 18.2 Å². The number of rotatable bonds is 5. The zero-order valence-corrected chi connectivity index (χ0v) is 15.4. The van der Waals surface area contributed by atoms with Gasteiger partial charge in [-0.2, -0.15) is 9.29 Å². The molecule has 27 heavy (non-hydrogen) atoms. The van der Waals surface area contributed by atoms with Crippen molar-refractivity contribution in [2.75, 3.05) is 7.05 Å². The molecule has 136 valence electrons. The van der Waals surface area contributed by atoms with Crippen molar-refractivity contribution in [1.29, 1.82) is 0 Å². The number of nitrogens with zero attached hydrogens (tertiary/aromatic N) is 3. The number of hydrogen-bond donors (Lipinski definition) is 0. The second-order valence-corrected chi connectivity index (χ2v) is 8.19. The molecule has 4 rings (SSSR count). The highest BCUT2D eigenvalue weighted by Gasteiger charge is 2.23. The number of sulfonamides is 1. The lowest BCUT2D eigenvalue weighted by molar-refractivity contribution is 0.337. The zero-order valence-electron chi connectivity index (χ0n) is 14.6. The second kappa shape index (κ2) is 6.94. The Balaban J connectivity index is 1.58. The van der Waals surface area contributed by atoms with Crippen LogP contribution in [0.2, 0.25) is 0 Å². The van der Waals surface area contributed by atoms with Crippen LogP contribution in [0.5, 0.6) is 0 Å². The Morgan fingerprint density at radius 1 is 0.926 bits per heavy atom. The molecule has 0 unspecified atom stereocenters. The summed E-state index contributed by atoms with van der Waals surface area (Å²) in [6.45, 7) is -0.00497. The van der Waals surface area contributed by atoms with E-state index in [9.17, 15) is 8.42 Å². The van der Waals surface area contributed by atoms with Crippen LogP contribution < -0.4 is 0 Å². The van der Waals surface area contributed by atoms with Gasteiger partial charge in [0.2, 0.25) is 21.7 Å². The van der Waals surface area contributed by atoms with Crippen molar-refractivity contribution in [3.63, 3.8) is 0 Å². The number of hydrogen-bond acceptors (Lipinski definition) is 5. The minimum atomic E-state index is -3.68. The fourth-order valence-electron chi connectivity index (χ4n) is 2.81. The summed E-state index contributed by atoms with van der Waals surface area (Å²) < 4.78 is 32.2. The Labute approximate surface area is 157 Å². The van der Waals surface area contributed by atoms with Crippen molar-refractivity contribution in [2.45, 2.75) is 11.4 Å². The number of aromatic nitrogens is 2. The lowest BCUT2D eigenvalue weighted by atomic mass is 10.1. The molecule has 0 saturated carbocycles. The standard InChI is InChI=1S/C20H17N3O3S/c1-23(14-19-21-20(22-26-19)16-8-3-2-4-9-16)27(24,25)18-12-11-15-7-5-6-10-17(15)13-18/h2-13H,14H2,1H3. The predicted molar refractivity (Wildman–Crippen MR) is 102 cm³/mol. The van der Waals surface area contributed by atoms with Crippen molar-refractivity contribution in [1.82, 2.24) is 14.4 Å². The summed E-state index contributed by atoms with van der Waals surface area (Å²) in [7, 11) is -2.18. The van der Waals surface area contributed by atoms with E-state index in [1.807, 2.05) is 54.6 Å². The summed E-state index contributed by atoms with van der Waals surface area (Å²) in [5.74, 6) is 0.669. The van der Waals surface area contributed by atoms with Crippen LogP contribution in [0.1, 0.15) is 5.89 Å². The van der Waals surface area contributed by atoms with Crippen molar-refractivity contribution >= 4 is 20.8 Å². The summed E-state index contributed by atoms with van der Waals surface area (Å²) in [5.41, 5.74) is 0.813. The van der Waals surface area contributed by atoms with Crippen LogP contribution in [0, 0.1) is 0 Å². The van der Waals surface area contributed by atoms with Gasteiger partial charge in [-0.05, 0) is 22.9 Å². The highest BCUT2D eigenvalue weighted by atomic mass is 32.2. The van der Waals surface area contributed by atoms with E-state index in [2.05, 4.69) is 10.1 Å². The van der Waals surface area contributed by atoms with Crippen LogP contribution >= 0.6 is 0 Å². The molecule has 7 heteroatoms. The molecule has 0 N–H and O–H groups in total. The van der Waals surface area contributed by atoms with Crippen molar-refractivity contribution in [2.24, 2.45) is 0 Å². The highest BCUT2D eigenvalue weighted by Crippen LogP contribution is 2.22. The van der Waals surface area contributed by atoms with Gasteiger partial charge < -0.3 is 4.52 Å². The molecule has 1 heterocycles. The molecule has 0 fully saturated rings. The van der Waals surface area contributed by atoms with Crippen LogP contribution in [0.3, 0.4) is 0 Å². The quantitative estimate of drug-likeness (QED) is 0.528. The normalized spacial score (nSPS) is 11.9. The first-order chi connectivity index (χ1) is 13.0.